The van der Waals surface area contributed by atoms with Crippen molar-refractivity contribution >= 4 is 23.1 Å². The molecule has 6 nitrogen and oxygen atoms in total. The van der Waals surface area contributed by atoms with Gasteiger partial charge in [0.1, 0.15) is 18.2 Å². The number of halogens is 4. The number of ether oxygens (including phenoxy) is 1. The lowest BCUT2D eigenvalue weighted by atomic mass is 9.96. The standard InChI is InChI=1S/C27H28ClF3N4O2/c1-17-12-33-25(34-9-5-6-20(14-34)26(3,4)36)11-23(17)35-15-22(28)24(10-18(35)2)37-16-21-8-7-19(13-32-21)27(29,30)31/h5-13,36H,14-16H2,1-4H3. The molecule has 2 aromatic heterocycles. The van der Waals surface area contributed by atoms with Gasteiger partial charge in [0.2, 0.25) is 0 Å². The third-order valence-corrected chi connectivity index (χ3v) is 6.50. The summed E-state index contributed by atoms with van der Waals surface area (Å²) in [4.78, 5) is 12.5. The predicted octanol–water partition coefficient (Wildman–Crippen LogP) is 6.23. The van der Waals surface area contributed by atoms with Crippen molar-refractivity contribution in [2.75, 3.05) is 22.9 Å². The summed E-state index contributed by atoms with van der Waals surface area (Å²) >= 11 is 6.58. The summed E-state index contributed by atoms with van der Waals surface area (Å²) in [5.41, 5.74) is 2.26. The Morgan fingerprint density at radius 2 is 1.86 bits per heavy atom. The molecule has 0 bridgehead atoms. The zero-order valence-electron chi connectivity index (χ0n) is 21.0. The number of aryl methyl sites for hydroxylation is 1. The zero-order valence-corrected chi connectivity index (χ0v) is 21.7. The predicted molar refractivity (Wildman–Crippen MR) is 138 cm³/mol. The number of anilines is 2. The molecule has 2 aliphatic rings. The van der Waals surface area contributed by atoms with E-state index in [1.54, 1.807) is 26.1 Å². The average molecular weight is 533 g/mol. The molecule has 0 aliphatic carbocycles. The van der Waals surface area contributed by atoms with Crippen molar-refractivity contribution in [1.82, 2.24) is 9.97 Å². The molecule has 0 spiro atoms. The third kappa shape index (κ3) is 6.17. The van der Waals surface area contributed by atoms with Crippen molar-refractivity contribution in [3.63, 3.8) is 0 Å². The summed E-state index contributed by atoms with van der Waals surface area (Å²) in [6.07, 6.45) is 5.67. The minimum Gasteiger partial charge on any atom is -0.486 e. The van der Waals surface area contributed by atoms with Gasteiger partial charge in [0.15, 0.2) is 0 Å². The largest absolute Gasteiger partial charge is 0.486 e. The Bertz CT molecular complexity index is 1290. The van der Waals surface area contributed by atoms with Gasteiger partial charge in [-0.25, -0.2) is 4.98 Å². The van der Waals surface area contributed by atoms with Gasteiger partial charge in [-0.3, -0.25) is 4.98 Å². The van der Waals surface area contributed by atoms with Crippen molar-refractivity contribution in [3.8, 4) is 0 Å². The van der Waals surface area contributed by atoms with Crippen LogP contribution in [0.25, 0.3) is 0 Å². The van der Waals surface area contributed by atoms with Crippen LogP contribution in [0.2, 0.25) is 0 Å². The summed E-state index contributed by atoms with van der Waals surface area (Å²) in [7, 11) is 0. The van der Waals surface area contributed by atoms with Crippen molar-refractivity contribution in [2.45, 2.75) is 46.1 Å². The van der Waals surface area contributed by atoms with Gasteiger partial charge in [-0.2, -0.15) is 13.2 Å². The highest BCUT2D eigenvalue weighted by Crippen LogP contribution is 2.34. The quantitative estimate of drug-likeness (QED) is 0.476. The lowest BCUT2D eigenvalue weighted by molar-refractivity contribution is -0.137. The topological polar surface area (TPSA) is 61.7 Å². The van der Waals surface area contributed by atoms with E-state index in [2.05, 4.69) is 9.97 Å². The van der Waals surface area contributed by atoms with Crippen LogP contribution < -0.4 is 9.80 Å². The fraction of sp³-hybridized carbons (Fsp3) is 0.333. The van der Waals surface area contributed by atoms with Gasteiger partial charge in [0.05, 0.1) is 28.4 Å². The number of aliphatic hydroxyl groups is 1. The Labute approximate surface area is 219 Å². The fourth-order valence-corrected chi connectivity index (χ4v) is 4.20. The SMILES string of the molecule is CC1=CC(OCc2ccc(C(F)(F)F)cn2)=C(Cl)CN1c1cc(N2C=CC=C(C(C)(C)O)C2)ncc1C. The number of nitrogens with zero attached hydrogens (tertiary/aromatic N) is 4. The maximum Gasteiger partial charge on any atom is 0.417 e. The number of hydrogen-bond acceptors (Lipinski definition) is 6. The van der Waals surface area contributed by atoms with Gasteiger partial charge in [0, 0.05) is 48.7 Å². The highest BCUT2D eigenvalue weighted by Gasteiger charge is 2.31. The third-order valence-electron chi connectivity index (χ3n) is 6.19. The monoisotopic (exact) mass is 532 g/mol. The van der Waals surface area contributed by atoms with E-state index in [9.17, 15) is 18.3 Å². The summed E-state index contributed by atoms with van der Waals surface area (Å²) in [5.74, 6) is 1.18. The second kappa shape index (κ2) is 10.2. The molecule has 0 amide bonds. The van der Waals surface area contributed by atoms with E-state index in [0.717, 1.165) is 40.6 Å². The first-order valence-electron chi connectivity index (χ1n) is 11.7. The molecule has 0 unspecified atom stereocenters. The highest BCUT2D eigenvalue weighted by atomic mass is 35.5. The number of aromatic nitrogens is 2. The van der Waals surface area contributed by atoms with E-state index in [-0.39, 0.29) is 6.61 Å². The van der Waals surface area contributed by atoms with E-state index in [1.807, 2.05) is 48.1 Å². The van der Waals surface area contributed by atoms with Gasteiger partial charge >= 0.3 is 6.18 Å². The number of rotatable bonds is 6. The molecular formula is C27H28ClF3N4O2. The Kier molecular flexibility index (Phi) is 7.39. The Hall–Kier alpha value is -3.30. The maximum atomic E-state index is 12.8. The molecule has 37 heavy (non-hydrogen) atoms. The van der Waals surface area contributed by atoms with Crippen LogP contribution in [0.3, 0.4) is 0 Å². The van der Waals surface area contributed by atoms with Crippen LogP contribution in [0.5, 0.6) is 0 Å². The molecule has 0 radical (unpaired) electrons. The van der Waals surface area contributed by atoms with Crippen LogP contribution >= 0.6 is 11.6 Å². The van der Waals surface area contributed by atoms with Crippen LogP contribution in [-0.2, 0) is 17.5 Å². The van der Waals surface area contributed by atoms with Crippen LogP contribution in [0.15, 0.2) is 77.1 Å². The highest BCUT2D eigenvalue weighted by molar-refractivity contribution is 6.30. The number of pyridine rings is 2. The minimum atomic E-state index is -4.44. The molecular weight excluding hydrogens is 505 g/mol. The van der Waals surface area contributed by atoms with Crippen LogP contribution in [0.1, 0.15) is 37.6 Å². The molecule has 1 N–H and O–H groups in total. The van der Waals surface area contributed by atoms with Gasteiger partial charge in [-0.05, 0) is 57.0 Å². The van der Waals surface area contributed by atoms with Crippen LogP contribution in [0.4, 0.5) is 24.7 Å². The van der Waals surface area contributed by atoms with Gasteiger partial charge < -0.3 is 19.6 Å². The molecule has 10 heteroatoms. The summed E-state index contributed by atoms with van der Waals surface area (Å²) in [5, 5.41) is 10.9. The number of alkyl halides is 3. The smallest absolute Gasteiger partial charge is 0.417 e. The van der Waals surface area contributed by atoms with Gasteiger partial charge in [0.25, 0.3) is 0 Å². The number of hydrogen-bond donors (Lipinski definition) is 1. The Balaban J connectivity index is 1.48. The van der Waals surface area contributed by atoms with Crippen molar-refractivity contribution in [1.29, 1.82) is 0 Å². The first kappa shape index (κ1) is 26.8. The molecule has 0 fully saturated rings. The zero-order chi connectivity index (χ0) is 27.0. The molecule has 0 saturated heterocycles. The van der Waals surface area contributed by atoms with E-state index < -0.39 is 17.3 Å². The van der Waals surface area contributed by atoms with Crippen LogP contribution in [0, 0.1) is 6.92 Å². The lowest BCUT2D eigenvalue weighted by Gasteiger charge is -2.33. The lowest BCUT2D eigenvalue weighted by Crippen LogP contribution is -2.33. The Morgan fingerprint density at radius 3 is 2.51 bits per heavy atom. The van der Waals surface area contributed by atoms with E-state index in [0.29, 0.717) is 29.6 Å². The van der Waals surface area contributed by atoms with Gasteiger partial charge in [-0.1, -0.05) is 17.7 Å². The van der Waals surface area contributed by atoms with E-state index in [1.165, 1.54) is 6.07 Å². The molecule has 2 aromatic rings. The molecule has 2 aliphatic heterocycles. The average Bonchev–Trinajstić information content (AvgIpc) is 2.84. The molecule has 4 heterocycles. The second-order valence-corrected chi connectivity index (χ2v) is 9.97. The van der Waals surface area contributed by atoms with Crippen molar-refractivity contribution in [2.24, 2.45) is 0 Å². The van der Waals surface area contributed by atoms with Gasteiger partial charge in [-0.15, -0.1) is 0 Å². The normalized spacial score (nSPS) is 16.7. The first-order valence-corrected chi connectivity index (χ1v) is 12.0. The van der Waals surface area contributed by atoms with Crippen molar-refractivity contribution < 1.29 is 23.0 Å². The Morgan fingerprint density at radius 1 is 1.11 bits per heavy atom. The first-order chi connectivity index (χ1) is 17.3. The molecule has 0 atom stereocenters. The molecule has 196 valence electrons. The summed E-state index contributed by atoms with van der Waals surface area (Å²) < 4.78 is 44.1. The minimum absolute atomic E-state index is 0.00967. The second-order valence-electron chi connectivity index (χ2n) is 9.51. The fourth-order valence-electron chi connectivity index (χ4n) is 3.97. The van der Waals surface area contributed by atoms with E-state index in [4.69, 9.17) is 16.3 Å². The van der Waals surface area contributed by atoms with Crippen molar-refractivity contribution in [3.05, 3.63) is 93.9 Å². The maximum absolute atomic E-state index is 12.8. The van der Waals surface area contributed by atoms with E-state index >= 15 is 0 Å². The molecule has 0 saturated carbocycles. The molecule has 4 rings (SSSR count). The summed E-state index contributed by atoms with van der Waals surface area (Å²) in [6, 6.07) is 4.25. The molecule has 0 aromatic carbocycles. The van der Waals surface area contributed by atoms with Crippen LogP contribution in [-0.4, -0.2) is 33.8 Å². The summed E-state index contributed by atoms with van der Waals surface area (Å²) in [6.45, 7) is 8.27. The number of allylic oxidation sites excluding steroid dienone is 4.